The fourth-order valence-electron chi connectivity index (χ4n) is 2.68. The molecule has 0 amide bonds. The number of hydrogen-bond donors (Lipinski definition) is 0. The van der Waals surface area contributed by atoms with Crippen LogP contribution in [0.2, 0.25) is 0 Å². The van der Waals surface area contributed by atoms with Gasteiger partial charge in [0.1, 0.15) is 5.65 Å². The molecule has 2 aromatic rings. The molecule has 2 aromatic heterocycles. The molecule has 20 heavy (non-hydrogen) atoms. The summed E-state index contributed by atoms with van der Waals surface area (Å²) in [6, 6.07) is 6.11. The summed E-state index contributed by atoms with van der Waals surface area (Å²) in [6.45, 7) is 4.97. The largest absolute Gasteiger partial charge is 0.298 e. The van der Waals surface area contributed by atoms with Gasteiger partial charge in [0.2, 0.25) is 0 Å². The SMILES string of the molecule is Cc1ccc2nc(CN(C)[C@@H](C)C3CC3)cc(=O)n2c1. The summed E-state index contributed by atoms with van der Waals surface area (Å²) >= 11 is 0. The van der Waals surface area contributed by atoms with Gasteiger partial charge < -0.3 is 0 Å². The van der Waals surface area contributed by atoms with Crippen LogP contribution in [-0.2, 0) is 6.54 Å². The van der Waals surface area contributed by atoms with Crippen molar-refractivity contribution in [1.82, 2.24) is 14.3 Å². The lowest BCUT2D eigenvalue weighted by Gasteiger charge is -2.24. The Morgan fingerprint density at radius 3 is 2.90 bits per heavy atom. The molecule has 0 spiro atoms. The number of fused-ring (bicyclic) bond motifs is 1. The molecule has 2 heterocycles. The number of pyridine rings is 1. The molecular formula is C16H21N3O. The zero-order valence-electron chi connectivity index (χ0n) is 12.3. The minimum absolute atomic E-state index is 0.00109. The molecule has 1 aliphatic rings. The number of rotatable bonds is 4. The van der Waals surface area contributed by atoms with Gasteiger partial charge in [-0.3, -0.25) is 14.1 Å². The Balaban J connectivity index is 1.88. The van der Waals surface area contributed by atoms with E-state index in [1.165, 1.54) is 12.8 Å². The van der Waals surface area contributed by atoms with Crippen LogP contribution in [0.1, 0.15) is 31.0 Å². The van der Waals surface area contributed by atoms with Crippen LogP contribution in [0.4, 0.5) is 0 Å². The van der Waals surface area contributed by atoms with Crippen molar-refractivity contribution in [2.45, 2.75) is 39.3 Å². The Hall–Kier alpha value is -1.68. The summed E-state index contributed by atoms with van der Waals surface area (Å²) in [5.41, 5.74) is 2.65. The second-order valence-electron chi connectivity index (χ2n) is 6.01. The predicted molar refractivity (Wildman–Crippen MR) is 79.9 cm³/mol. The van der Waals surface area contributed by atoms with Gasteiger partial charge in [0.05, 0.1) is 5.69 Å². The van der Waals surface area contributed by atoms with Crippen molar-refractivity contribution < 1.29 is 0 Å². The topological polar surface area (TPSA) is 37.6 Å². The molecule has 106 valence electrons. The Bertz CT molecular complexity index is 688. The second kappa shape index (κ2) is 5.02. The smallest absolute Gasteiger partial charge is 0.258 e. The molecule has 0 bridgehead atoms. The molecule has 0 unspecified atom stereocenters. The van der Waals surface area contributed by atoms with Gasteiger partial charge in [0.25, 0.3) is 5.56 Å². The minimum Gasteiger partial charge on any atom is -0.298 e. The van der Waals surface area contributed by atoms with Crippen LogP contribution in [0, 0.1) is 12.8 Å². The van der Waals surface area contributed by atoms with E-state index in [0.29, 0.717) is 6.04 Å². The van der Waals surface area contributed by atoms with Gasteiger partial charge in [-0.1, -0.05) is 6.07 Å². The van der Waals surface area contributed by atoms with E-state index in [2.05, 4.69) is 23.9 Å². The molecule has 0 N–H and O–H groups in total. The van der Waals surface area contributed by atoms with E-state index in [9.17, 15) is 4.79 Å². The second-order valence-corrected chi connectivity index (χ2v) is 6.01. The Morgan fingerprint density at radius 1 is 1.45 bits per heavy atom. The standard InChI is InChI=1S/C16H21N3O/c1-11-4-7-15-17-14(8-16(20)19(15)9-11)10-18(3)12(2)13-5-6-13/h4,7-9,12-13H,5-6,10H2,1-3H3/t12-/m0/s1. The lowest BCUT2D eigenvalue weighted by atomic mass is 10.2. The van der Waals surface area contributed by atoms with Gasteiger partial charge in [0.15, 0.2) is 0 Å². The summed E-state index contributed by atoms with van der Waals surface area (Å²) in [4.78, 5) is 19.1. The maximum atomic E-state index is 12.2. The van der Waals surface area contributed by atoms with Crippen LogP contribution in [0.15, 0.2) is 29.2 Å². The third-order valence-corrected chi connectivity index (χ3v) is 4.27. The van der Waals surface area contributed by atoms with Crippen molar-refractivity contribution in [3.63, 3.8) is 0 Å². The molecule has 1 atom stereocenters. The number of aryl methyl sites for hydroxylation is 1. The van der Waals surface area contributed by atoms with E-state index in [1.54, 1.807) is 10.5 Å². The summed E-state index contributed by atoms with van der Waals surface area (Å²) in [6.07, 6.45) is 4.50. The van der Waals surface area contributed by atoms with Crippen LogP contribution in [0.5, 0.6) is 0 Å². The first-order valence-corrected chi connectivity index (χ1v) is 7.24. The zero-order valence-corrected chi connectivity index (χ0v) is 12.3. The molecule has 3 rings (SSSR count). The van der Waals surface area contributed by atoms with E-state index in [-0.39, 0.29) is 5.56 Å². The number of aromatic nitrogens is 2. The van der Waals surface area contributed by atoms with E-state index in [0.717, 1.165) is 29.4 Å². The monoisotopic (exact) mass is 271 g/mol. The molecule has 1 aliphatic carbocycles. The van der Waals surface area contributed by atoms with Gasteiger partial charge in [-0.15, -0.1) is 0 Å². The molecule has 4 nitrogen and oxygen atoms in total. The highest BCUT2D eigenvalue weighted by Gasteiger charge is 2.30. The molecule has 4 heteroatoms. The third kappa shape index (κ3) is 2.61. The highest BCUT2D eigenvalue weighted by Crippen LogP contribution is 2.34. The zero-order chi connectivity index (χ0) is 14.3. The van der Waals surface area contributed by atoms with Crippen molar-refractivity contribution in [2.24, 2.45) is 5.92 Å². The van der Waals surface area contributed by atoms with Crippen LogP contribution >= 0.6 is 0 Å². The highest BCUT2D eigenvalue weighted by atomic mass is 16.1. The summed E-state index contributed by atoms with van der Waals surface area (Å²) in [7, 11) is 2.11. The van der Waals surface area contributed by atoms with Crippen LogP contribution in [-0.4, -0.2) is 27.4 Å². The van der Waals surface area contributed by atoms with E-state index in [4.69, 9.17) is 0 Å². The number of hydrogen-bond acceptors (Lipinski definition) is 3. The molecule has 0 radical (unpaired) electrons. The molecule has 1 fully saturated rings. The normalized spacial score (nSPS) is 16.8. The maximum absolute atomic E-state index is 12.2. The fourth-order valence-corrected chi connectivity index (χ4v) is 2.68. The van der Waals surface area contributed by atoms with Crippen LogP contribution in [0.25, 0.3) is 5.65 Å². The quantitative estimate of drug-likeness (QED) is 0.856. The molecule has 0 aromatic carbocycles. The Morgan fingerprint density at radius 2 is 2.20 bits per heavy atom. The van der Waals surface area contributed by atoms with Gasteiger partial charge in [-0.05, 0) is 51.3 Å². The van der Waals surface area contributed by atoms with Gasteiger partial charge in [-0.25, -0.2) is 4.98 Å². The summed E-state index contributed by atoms with van der Waals surface area (Å²) < 4.78 is 1.61. The summed E-state index contributed by atoms with van der Waals surface area (Å²) in [5.74, 6) is 0.823. The predicted octanol–water partition coefficient (Wildman–Crippen LogP) is 2.23. The fraction of sp³-hybridized carbons (Fsp3) is 0.500. The highest BCUT2D eigenvalue weighted by molar-refractivity contribution is 5.39. The van der Waals surface area contributed by atoms with Crippen molar-refractivity contribution in [3.8, 4) is 0 Å². The Labute approximate surface area is 119 Å². The van der Waals surface area contributed by atoms with Crippen LogP contribution in [0.3, 0.4) is 0 Å². The van der Waals surface area contributed by atoms with Crippen LogP contribution < -0.4 is 5.56 Å². The average Bonchev–Trinajstić information content (AvgIpc) is 3.23. The molecule has 0 aliphatic heterocycles. The Kier molecular flexibility index (Phi) is 3.34. The molecule has 0 saturated heterocycles. The first kappa shape index (κ1) is 13.3. The maximum Gasteiger partial charge on any atom is 0.258 e. The number of nitrogens with zero attached hydrogens (tertiary/aromatic N) is 3. The van der Waals surface area contributed by atoms with Crippen molar-refractivity contribution >= 4 is 5.65 Å². The molecule has 1 saturated carbocycles. The van der Waals surface area contributed by atoms with E-state index in [1.807, 2.05) is 25.3 Å². The molecular weight excluding hydrogens is 250 g/mol. The van der Waals surface area contributed by atoms with E-state index >= 15 is 0 Å². The van der Waals surface area contributed by atoms with Gasteiger partial charge >= 0.3 is 0 Å². The first-order chi connectivity index (χ1) is 9.54. The van der Waals surface area contributed by atoms with Gasteiger partial charge in [-0.2, -0.15) is 0 Å². The van der Waals surface area contributed by atoms with Crippen molar-refractivity contribution in [3.05, 3.63) is 46.0 Å². The lowest BCUT2D eigenvalue weighted by molar-refractivity contribution is 0.224. The third-order valence-electron chi connectivity index (χ3n) is 4.27. The van der Waals surface area contributed by atoms with Crippen molar-refractivity contribution in [2.75, 3.05) is 7.05 Å². The van der Waals surface area contributed by atoms with Gasteiger partial charge in [0, 0.05) is 24.8 Å². The summed E-state index contributed by atoms with van der Waals surface area (Å²) in [5, 5.41) is 0. The van der Waals surface area contributed by atoms with E-state index < -0.39 is 0 Å². The minimum atomic E-state index is 0.00109. The van der Waals surface area contributed by atoms with Crippen molar-refractivity contribution in [1.29, 1.82) is 0 Å². The first-order valence-electron chi connectivity index (χ1n) is 7.24. The lowest BCUT2D eigenvalue weighted by Crippen LogP contribution is -2.31. The average molecular weight is 271 g/mol.